The van der Waals surface area contributed by atoms with Gasteiger partial charge in [-0.1, -0.05) is 37.1 Å². The Morgan fingerprint density at radius 3 is 2.52 bits per heavy atom. The molecule has 1 saturated heterocycles. The minimum Gasteiger partial charge on any atom is -0.338 e. The Hall–Kier alpha value is -4.33. The predicted octanol–water partition coefficient (Wildman–Crippen LogP) is 2.37. The third-order valence-corrected chi connectivity index (χ3v) is 8.54. The molecule has 0 aromatic heterocycles. The first-order valence-electron chi connectivity index (χ1n) is 13.4. The highest BCUT2D eigenvalue weighted by molar-refractivity contribution is 6.35. The predicted molar refractivity (Wildman–Crippen MR) is 137 cm³/mol. The van der Waals surface area contributed by atoms with Crippen molar-refractivity contribution >= 4 is 29.3 Å². The number of para-hydroxylation sites is 1. The van der Waals surface area contributed by atoms with E-state index in [1.54, 1.807) is 24.3 Å². The van der Waals surface area contributed by atoms with E-state index in [1.165, 1.54) is 11.0 Å². The number of benzene rings is 2. The molecule has 40 heavy (non-hydrogen) atoms. The first-order chi connectivity index (χ1) is 19.2. The van der Waals surface area contributed by atoms with Crippen LogP contribution < -0.4 is 16.0 Å². The molecule has 3 fully saturated rings. The number of nitrogens with one attached hydrogen (secondary N) is 3. The molecule has 11 heteroatoms. The number of fused-ring (bicyclic) bond motifs is 2. The average Bonchev–Trinajstić information content (AvgIpc) is 3.85. The van der Waals surface area contributed by atoms with E-state index >= 15 is 0 Å². The van der Waals surface area contributed by atoms with Crippen molar-refractivity contribution < 1.29 is 28.0 Å². The molecule has 2 aliphatic carbocycles. The van der Waals surface area contributed by atoms with E-state index in [0.717, 1.165) is 30.5 Å². The Balaban J connectivity index is 1.19. The number of rotatable bonds is 6. The molecule has 6 rings (SSSR count). The van der Waals surface area contributed by atoms with E-state index in [-0.39, 0.29) is 30.4 Å². The standard InChI is InChI=1S/C29H27F2N5O4/c30-17-7-8-19(21(31)12-17)29(9-10-29)35-25(38)24(37)33-23(11-16-5-6-16)26(39)36-15-28(13-18(36)14-32)20-3-1-2-4-22(20)34-27(28)40/h1-4,7-8,12,16,18,23H,5-6,9-11,13,15H2,(H,33,37)(H,34,40)(H,35,38)/t18?,23-,28-/m0/s1. The molecule has 3 N–H and O–H groups in total. The molecule has 0 radical (unpaired) electrons. The summed E-state index contributed by atoms with van der Waals surface area (Å²) in [7, 11) is 0. The molecule has 2 heterocycles. The molecule has 2 aliphatic heterocycles. The molecular formula is C29H27F2N5O4. The number of amides is 4. The van der Waals surface area contributed by atoms with E-state index in [1.807, 2.05) is 0 Å². The Morgan fingerprint density at radius 1 is 1.10 bits per heavy atom. The number of nitriles is 1. The summed E-state index contributed by atoms with van der Waals surface area (Å²) in [6.07, 6.45) is 2.92. The van der Waals surface area contributed by atoms with Crippen molar-refractivity contribution in [3.05, 3.63) is 65.2 Å². The molecular weight excluding hydrogens is 520 g/mol. The lowest BCUT2D eigenvalue weighted by atomic mass is 9.80. The van der Waals surface area contributed by atoms with E-state index in [2.05, 4.69) is 22.0 Å². The first-order valence-corrected chi connectivity index (χ1v) is 13.4. The van der Waals surface area contributed by atoms with E-state index < -0.39 is 52.4 Å². The quantitative estimate of drug-likeness (QED) is 0.478. The van der Waals surface area contributed by atoms with Crippen molar-refractivity contribution in [2.75, 3.05) is 11.9 Å². The van der Waals surface area contributed by atoms with Gasteiger partial charge in [0, 0.05) is 30.3 Å². The van der Waals surface area contributed by atoms with Crippen LogP contribution in [0.5, 0.6) is 0 Å². The maximum atomic E-state index is 14.4. The highest BCUT2D eigenvalue weighted by atomic mass is 19.1. The van der Waals surface area contributed by atoms with Crippen molar-refractivity contribution in [1.29, 1.82) is 5.26 Å². The van der Waals surface area contributed by atoms with Crippen LogP contribution in [0.2, 0.25) is 0 Å². The molecule has 2 saturated carbocycles. The average molecular weight is 548 g/mol. The molecule has 206 valence electrons. The third kappa shape index (κ3) is 4.37. The van der Waals surface area contributed by atoms with Gasteiger partial charge in [-0.3, -0.25) is 19.2 Å². The van der Waals surface area contributed by atoms with Gasteiger partial charge in [0.25, 0.3) is 0 Å². The number of likely N-dealkylation sites (tertiary alicyclic amines) is 1. The van der Waals surface area contributed by atoms with Gasteiger partial charge >= 0.3 is 11.8 Å². The number of hydrogen-bond donors (Lipinski definition) is 3. The van der Waals surface area contributed by atoms with E-state index in [4.69, 9.17) is 0 Å². The first kappa shape index (κ1) is 25.9. The van der Waals surface area contributed by atoms with Crippen LogP contribution in [0, 0.1) is 28.9 Å². The summed E-state index contributed by atoms with van der Waals surface area (Å²) in [5, 5.41) is 17.9. The fraction of sp³-hybridized carbons (Fsp3) is 0.414. The maximum absolute atomic E-state index is 14.4. The summed E-state index contributed by atoms with van der Waals surface area (Å²) in [5.74, 6) is -4.28. The lowest BCUT2D eigenvalue weighted by molar-refractivity contribution is -0.143. The van der Waals surface area contributed by atoms with Crippen molar-refractivity contribution in [3.8, 4) is 6.07 Å². The summed E-state index contributed by atoms with van der Waals surface area (Å²) >= 11 is 0. The molecule has 0 bridgehead atoms. The van der Waals surface area contributed by atoms with Crippen LogP contribution in [0.1, 0.15) is 49.7 Å². The zero-order valence-electron chi connectivity index (χ0n) is 21.5. The van der Waals surface area contributed by atoms with Crippen LogP contribution >= 0.6 is 0 Å². The molecule has 4 aliphatic rings. The van der Waals surface area contributed by atoms with Crippen molar-refractivity contribution in [2.45, 2.75) is 61.6 Å². The number of halogens is 2. The second kappa shape index (κ2) is 9.40. The van der Waals surface area contributed by atoms with Crippen molar-refractivity contribution in [1.82, 2.24) is 15.5 Å². The maximum Gasteiger partial charge on any atom is 0.310 e. The Morgan fingerprint density at radius 2 is 1.85 bits per heavy atom. The molecule has 1 spiro atoms. The number of anilines is 1. The Labute approximate surface area is 228 Å². The van der Waals surface area contributed by atoms with Gasteiger partial charge in [0.2, 0.25) is 11.8 Å². The summed E-state index contributed by atoms with van der Waals surface area (Å²) in [6, 6.07) is 10.4. The second-order valence-corrected chi connectivity index (χ2v) is 11.3. The minimum absolute atomic E-state index is 0.0247. The number of carbonyl (C=O) groups excluding carboxylic acids is 4. The summed E-state index contributed by atoms with van der Waals surface area (Å²) in [6.45, 7) is -0.0247. The summed E-state index contributed by atoms with van der Waals surface area (Å²) in [5.41, 5.74) is -0.728. The SMILES string of the molecule is N#CC1C[C@@]2(CN1C(=O)[C@H](CC1CC1)NC(=O)C(=O)NC1(c3ccc(F)cc3F)CC1)C(=O)Nc1ccccc12. The minimum atomic E-state index is -1.11. The zero-order chi connectivity index (χ0) is 28.2. The van der Waals surface area contributed by atoms with Gasteiger partial charge in [0.15, 0.2) is 0 Å². The van der Waals surface area contributed by atoms with Crippen LogP contribution in [-0.4, -0.2) is 47.2 Å². The normalized spacial score (nSPS) is 24.6. The second-order valence-electron chi connectivity index (χ2n) is 11.3. The van der Waals surface area contributed by atoms with Crippen molar-refractivity contribution in [3.63, 3.8) is 0 Å². The topological polar surface area (TPSA) is 131 Å². The van der Waals surface area contributed by atoms with Gasteiger partial charge in [-0.25, -0.2) is 8.78 Å². The summed E-state index contributed by atoms with van der Waals surface area (Å²) in [4.78, 5) is 54.1. The molecule has 1 unspecified atom stereocenters. The van der Waals surface area contributed by atoms with Gasteiger partial charge in [-0.15, -0.1) is 0 Å². The van der Waals surface area contributed by atoms with Gasteiger partial charge in [0.1, 0.15) is 23.7 Å². The van der Waals surface area contributed by atoms with Crippen LogP contribution in [0.15, 0.2) is 42.5 Å². The van der Waals surface area contributed by atoms with E-state index in [9.17, 15) is 33.2 Å². The Kier molecular flexibility index (Phi) is 6.09. The highest BCUT2D eigenvalue weighted by Gasteiger charge is 2.57. The zero-order valence-corrected chi connectivity index (χ0v) is 21.5. The number of nitrogens with zero attached hydrogens (tertiary/aromatic N) is 2. The van der Waals surface area contributed by atoms with Crippen LogP contribution in [0.3, 0.4) is 0 Å². The largest absolute Gasteiger partial charge is 0.338 e. The van der Waals surface area contributed by atoms with Gasteiger partial charge in [0.05, 0.1) is 17.0 Å². The number of hydrogen-bond acceptors (Lipinski definition) is 5. The smallest absolute Gasteiger partial charge is 0.310 e. The molecule has 4 amide bonds. The molecule has 2 aromatic rings. The lowest BCUT2D eigenvalue weighted by Gasteiger charge is -2.27. The van der Waals surface area contributed by atoms with Crippen LogP contribution in [0.25, 0.3) is 0 Å². The van der Waals surface area contributed by atoms with E-state index in [0.29, 0.717) is 24.9 Å². The van der Waals surface area contributed by atoms with Crippen molar-refractivity contribution in [2.24, 2.45) is 5.92 Å². The fourth-order valence-corrected chi connectivity index (χ4v) is 6.06. The van der Waals surface area contributed by atoms with Gasteiger partial charge in [-0.05, 0) is 42.9 Å². The lowest BCUT2D eigenvalue weighted by Crippen LogP contribution is -2.54. The van der Waals surface area contributed by atoms with Crippen LogP contribution in [-0.2, 0) is 30.1 Å². The molecule has 9 nitrogen and oxygen atoms in total. The highest BCUT2D eigenvalue weighted by Crippen LogP contribution is 2.47. The van der Waals surface area contributed by atoms with Crippen LogP contribution in [0.4, 0.5) is 14.5 Å². The third-order valence-electron chi connectivity index (χ3n) is 8.54. The fourth-order valence-electron chi connectivity index (χ4n) is 6.06. The number of carbonyl (C=O) groups is 4. The monoisotopic (exact) mass is 547 g/mol. The summed E-state index contributed by atoms with van der Waals surface area (Å²) < 4.78 is 27.8. The van der Waals surface area contributed by atoms with Gasteiger partial charge < -0.3 is 20.9 Å². The molecule has 3 atom stereocenters. The molecule has 2 aromatic carbocycles. The Bertz CT molecular complexity index is 1480. The van der Waals surface area contributed by atoms with Gasteiger partial charge in [-0.2, -0.15) is 5.26 Å².